The van der Waals surface area contributed by atoms with E-state index < -0.39 is 0 Å². The molecule has 1 amide bonds. The Morgan fingerprint density at radius 2 is 1.41 bits per heavy atom. The number of esters is 1. The van der Waals surface area contributed by atoms with Crippen LogP contribution in [0, 0.1) is 0 Å². The van der Waals surface area contributed by atoms with Gasteiger partial charge in [-0.05, 0) is 45.3 Å². The minimum absolute atomic E-state index is 0.0401. The van der Waals surface area contributed by atoms with E-state index in [-0.39, 0.29) is 24.8 Å². The Bertz CT molecular complexity index is 474. The van der Waals surface area contributed by atoms with Gasteiger partial charge >= 0.3 is 12.1 Å². The van der Waals surface area contributed by atoms with Crippen LogP contribution in [0.1, 0.15) is 66.2 Å². The van der Waals surface area contributed by atoms with Crippen LogP contribution < -0.4 is 5.32 Å². The summed E-state index contributed by atoms with van der Waals surface area (Å²) < 4.78 is 26.5. The number of amides is 1. The molecule has 202 valence electrons. The summed E-state index contributed by atoms with van der Waals surface area (Å²) in [7, 11) is 0. The van der Waals surface area contributed by atoms with E-state index in [4.69, 9.17) is 28.5 Å². The van der Waals surface area contributed by atoms with Crippen LogP contribution in [0.4, 0.5) is 4.79 Å². The normalized spacial score (nSPS) is 16.7. The number of nitrogens with one attached hydrogen (secondary N) is 1. The summed E-state index contributed by atoms with van der Waals surface area (Å²) >= 11 is 1.89. The van der Waals surface area contributed by atoms with Gasteiger partial charge in [-0.2, -0.15) is 11.8 Å². The SMILES string of the molecule is CC.CC=O.CCCC(=O)OCCOCCOCCOCCNC(=O)OC1CCC(SC)CC1. The van der Waals surface area contributed by atoms with Gasteiger partial charge in [0, 0.05) is 18.2 Å². The van der Waals surface area contributed by atoms with Gasteiger partial charge < -0.3 is 33.8 Å². The van der Waals surface area contributed by atoms with E-state index in [1.54, 1.807) is 0 Å². The summed E-state index contributed by atoms with van der Waals surface area (Å²) in [6.07, 6.45) is 7.90. The van der Waals surface area contributed by atoms with Crippen LogP contribution in [-0.4, -0.2) is 88.8 Å². The van der Waals surface area contributed by atoms with E-state index in [1.165, 1.54) is 6.92 Å². The molecule has 0 unspecified atom stereocenters. The fraction of sp³-hybridized carbons (Fsp3) is 0.875. The topological polar surface area (TPSA) is 109 Å². The van der Waals surface area contributed by atoms with E-state index in [0.717, 1.165) is 38.4 Å². The van der Waals surface area contributed by atoms with E-state index in [0.29, 0.717) is 57.9 Å². The van der Waals surface area contributed by atoms with Crippen LogP contribution in [0.25, 0.3) is 0 Å². The first-order valence-electron chi connectivity index (χ1n) is 12.3. The quantitative estimate of drug-likeness (QED) is 0.187. The fourth-order valence-electron chi connectivity index (χ4n) is 2.84. The Balaban J connectivity index is 0. The van der Waals surface area contributed by atoms with Crippen molar-refractivity contribution in [2.45, 2.75) is 77.6 Å². The summed E-state index contributed by atoms with van der Waals surface area (Å²) in [5.74, 6) is -0.189. The van der Waals surface area contributed by atoms with Crippen molar-refractivity contribution in [1.82, 2.24) is 5.32 Å². The standard InChI is InChI=1S/C20H37NO7S.C2H4O.C2H6/c1-3-4-19(22)27-16-15-26-14-13-25-12-11-24-10-9-21-20(23)28-17-5-7-18(29-2)8-6-17;1-2-3;1-2/h17-18H,3-16H2,1-2H3,(H,21,23);2H,1H3;1-2H3. The lowest BCUT2D eigenvalue weighted by atomic mass is 9.97. The van der Waals surface area contributed by atoms with Gasteiger partial charge in [0.15, 0.2) is 0 Å². The molecule has 9 nitrogen and oxygen atoms in total. The highest BCUT2D eigenvalue weighted by Gasteiger charge is 2.23. The highest BCUT2D eigenvalue weighted by atomic mass is 32.2. The van der Waals surface area contributed by atoms with Crippen molar-refractivity contribution in [2.75, 3.05) is 59.0 Å². The molecule has 0 radical (unpaired) electrons. The van der Waals surface area contributed by atoms with Gasteiger partial charge in [-0.1, -0.05) is 20.8 Å². The van der Waals surface area contributed by atoms with Gasteiger partial charge in [-0.15, -0.1) is 0 Å². The number of rotatable bonds is 16. The molecular formula is C24H47NO8S. The first-order chi connectivity index (χ1) is 16.6. The zero-order chi connectivity index (χ0) is 25.9. The number of carbonyl (C=O) groups is 3. The molecular weight excluding hydrogens is 462 g/mol. The number of hydrogen-bond donors (Lipinski definition) is 1. The molecule has 0 saturated heterocycles. The lowest BCUT2D eigenvalue weighted by molar-refractivity contribution is -0.145. The Hall–Kier alpha value is -1.36. The highest BCUT2D eigenvalue weighted by Crippen LogP contribution is 2.28. The Labute approximate surface area is 210 Å². The smallest absolute Gasteiger partial charge is 0.407 e. The maximum Gasteiger partial charge on any atom is 0.407 e. The first kappa shape index (κ1) is 34.8. The minimum Gasteiger partial charge on any atom is -0.463 e. The van der Waals surface area contributed by atoms with Crippen molar-refractivity contribution in [3.05, 3.63) is 0 Å². The number of thioether (sulfide) groups is 1. The predicted molar refractivity (Wildman–Crippen MR) is 135 cm³/mol. The molecule has 0 aliphatic heterocycles. The van der Waals surface area contributed by atoms with Gasteiger partial charge in [0.25, 0.3) is 0 Å². The Morgan fingerprint density at radius 3 is 1.91 bits per heavy atom. The monoisotopic (exact) mass is 509 g/mol. The second-order valence-corrected chi connectivity index (χ2v) is 8.15. The lowest BCUT2D eigenvalue weighted by Crippen LogP contribution is -2.33. The van der Waals surface area contributed by atoms with Gasteiger partial charge in [-0.3, -0.25) is 4.79 Å². The van der Waals surface area contributed by atoms with Crippen LogP contribution in [0.5, 0.6) is 0 Å². The number of aldehydes is 1. The third-order valence-electron chi connectivity index (χ3n) is 4.43. The highest BCUT2D eigenvalue weighted by molar-refractivity contribution is 7.99. The van der Waals surface area contributed by atoms with E-state index in [9.17, 15) is 9.59 Å². The number of carbonyl (C=O) groups excluding carboxylic acids is 3. The molecule has 34 heavy (non-hydrogen) atoms. The van der Waals surface area contributed by atoms with Crippen LogP contribution in [-0.2, 0) is 33.3 Å². The maximum atomic E-state index is 11.8. The van der Waals surface area contributed by atoms with Crippen molar-refractivity contribution in [2.24, 2.45) is 0 Å². The molecule has 0 heterocycles. The molecule has 1 saturated carbocycles. The van der Waals surface area contributed by atoms with Crippen molar-refractivity contribution < 1.29 is 38.1 Å². The zero-order valence-electron chi connectivity index (χ0n) is 21.8. The molecule has 1 aliphatic carbocycles. The molecule has 0 bridgehead atoms. The summed E-state index contributed by atoms with van der Waals surface area (Å²) in [6.45, 7) is 10.7. The summed E-state index contributed by atoms with van der Waals surface area (Å²) in [6, 6.07) is 0. The van der Waals surface area contributed by atoms with Gasteiger partial charge in [0.2, 0.25) is 0 Å². The molecule has 0 aromatic rings. The fourth-order valence-corrected chi connectivity index (χ4v) is 3.58. The summed E-state index contributed by atoms with van der Waals surface area (Å²) in [4.78, 5) is 31.7. The van der Waals surface area contributed by atoms with Crippen LogP contribution >= 0.6 is 11.8 Å². The maximum absolute atomic E-state index is 11.8. The Kier molecular flexibility index (Phi) is 28.5. The lowest BCUT2D eigenvalue weighted by Gasteiger charge is -2.27. The molecule has 0 aromatic carbocycles. The van der Waals surface area contributed by atoms with E-state index in [1.807, 2.05) is 32.5 Å². The van der Waals surface area contributed by atoms with Crippen LogP contribution in [0.3, 0.4) is 0 Å². The number of hydrogen-bond acceptors (Lipinski definition) is 9. The molecule has 0 aromatic heterocycles. The third kappa shape index (κ3) is 23.8. The predicted octanol–water partition coefficient (Wildman–Crippen LogP) is 4.01. The molecule has 1 N–H and O–H groups in total. The molecule has 0 spiro atoms. The average molecular weight is 510 g/mol. The second-order valence-electron chi connectivity index (χ2n) is 7.01. The van der Waals surface area contributed by atoms with Crippen molar-refractivity contribution in [3.8, 4) is 0 Å². The van der Waals surface area contributed by atoms with Crippen LogP contribution in [0.2, 0.25) is 0 Å². The summed E-state index contributed by atoms with van der Waals surface area (Å²) in [5, 5.41) is 3.42. The van der Waals surface area contributed by atoms with Gasteiger partial charge in [0.05, 0.1) is 39.6 Å². The van der Waals surface area contributed by atoms with Crippen molar-refractivity contribution >= 4 is 30.1 Å². The molecule has 1 rings (SSSR count). The van der Waals surface area contributed by atoms with Gasteiger partial charge in [-0.25, -0.2) is 4.79 Å². The average Bonchev–Trinajstić information content (AvgIpc) is 2.84. The largest absolute Gasteiger partial charge is 0.463 e. The minimum atomic E-state index is -0.366. The zero-order valence-corrected chi connectivity index (χ0v) is 22.6. The first-order valence-corrected chi connectivity index (χ1v) is 13.6. The molecule has 0 atom stereocenters. The molecule has 1 fully saturated rings. The summed E-state index contributed by atoms with van der Waals surface area (Å²) in [5.41, 5.74) is 0. The van der Waals surface area contributed by atoms with Crippen LogP contribution in [0.15, 0.2) is 0 Å². The third-order valence-corrected chi connectivity index (χ3v) is 5.57. The van der Waals surface area contributed by atoms with E-state index in [2.05, 4.69) is 11.6 Å². The molecule has 1 aliphatic rings. The number of ether oxygens (including phenoxy) is 5. The van der Waals surface area contributed by atoms with Crippen molar-refractivity contribution in [1.29, 1.82) is 0 Å². The molecule has 10 heteroatoms. The van der Waals surface area contributed by atoms with Crippen molar-refractivity contribution in [3.63, 3.8) is 0 Å². The van der Waals surface area contributed by atoms with E-state index >= 15 is 0 Å². The number of alkyl carbamates (subject to hydrolysis) is 1. The Morgan fingerprint density at radius 1 is 0.912 bits per heavy atom. The van der Waals surface area contributed by atoms with Gasteiger partial charge in [0.1, 0.15) is 19.0 Å². The second kappa shape index (κ2) is 27.9.